The van der Waals surface area contributed by atoms with Crippen molar-refractivity contribution in [3.8, 4) is 16.3 Å². The summed E-state index contributed by atoms with van der Waals surface area (Å²) in [4.78, 5) is 13.2. The summed E-state index contributed by atoms with van der Waals surface area (Å²) in [5.41, 5.74) is 3.30. The fraction of sp³-hybridized carbons (Fsp3) is 0.125. The Balaban J connectivity index is 1.81. The molecule has 3 aromatic rings. The van der Waals surface area contributed by atoms with Crippen molar-refractivity contribution in [1.82, 2.24) is 15.5 Å². The first-order valence-electron chi connectivity index (χ1n) is 6.85. The molecule has 1 aliphatic rings. The van der Waals surface area contributed by atoms with E-state index in [2.05, 4.69) is 15.5 Å². The number of nitrogens with zero attached hydrogens (tertiary/aromatic N) is 1. The zero-order valence-electron chi connectivity index (χ0n) is 11.8. The van der Waals surface area contributed by atoms with Crippen LogP contribution in [0.1, 0.15) is 27.7 Å². The third kappa shape index (κ3) is 1.92. The smallest absolute Gasteiger partial charge is 0.272 e. The molecular weight excluding hydrogens is 298 g/mol. The lowest BCUT2D eigenvalue weighted by molar-refractivity contribution is 0.0955. The molecular formula is C16H13N3O2S. The van der Waals surface area contributed by atoms with Crippen molar-refractivity contribution in [3.05, 3.63) is 58.6 Å². The molecule has 0 spiro atoms. The molecule has 110 valence electrons. The van der Waals surface area contributed by atoms with Crippen molar-refractivity contribution in [2.24, 2.45) is 0 Å². The Hall–Kier alpha value is -2.60. The number of nitrogens with one attached hydrogen (secondary N) is 2. The molecule has 0 saturated heterocycles. The maximum Gasteiger partial charge on any atom is 0.272 e. The number of fused-ring (bicyclic) bond motifs is 1. The fourth-order valence-corrected chi connectivity index (χ4v) is 3.47. The molecule has 0 fully saturated rings. The number of benzene rings is 1. The summed E-state index contributed by atoms with van der Waals surface area (Å²) < 4.78 is 5.19. The van der Waals surface area contributed by atoms with Gasteiger partial charge in [-0.15, -0.1) is 11.3 Å². The molecule has 0 bridgehead atoms. The van der Waals surface area contributed by atoms with Gasteiger partial charge in [0.25, 0.3) is 5.91 Å². The number of hydrogen-bond donors (Lipinski definition) is 2. The minimum absolute atomic E-state index is 0.144. The number of thiophene rings is 1. The number of amides is 1. The summed E-state index contributed by atoms with van der Waals surface area (Å²) >= 11 is 1.62. The number of aromatic amines is 1. The molecule has 0 aliphatic carbocycles. The van der Waals surface area contributed by atoms with Gasteiger partial charge in [0.2, 0.25) is 0 Å². The summed E-state index contributed by atoms with van der Waals surface area (Å²) in [6.45, 7) is 0. The molecule has 3 heterocycles. The summed E-state index contributed by atoms with van der Waals surface area (Å²) in [7, 11) is 1.63. The Kier molecular flexibility index (Phi) is 2.97. The molecule has 0 radical (unpaired) electrons. The van der Waals surface area contributed by atoms with Crippen LogP contribution >= 0.6 is 11.3 Å². The van der Waals surface area contributed by atoms with Crippen molar-refractivity contribution in [3.63, 3.8) is 0 Å². The van der Waals surface area contributed by atoms with Crippen molar-refractivity contribution in [1.29, 1.82) is 0 Å². The van der Waals surface area contributed by atoms with Crippen molar-refractivity contribution >= 4 is 17.2 Å². The van der Waals surface area contributed by atoms with Gasteiger partial charge in [-0.25, -0.2) is 0 Å². The Morgan fingerprint density at radius 3 is 2.73 bits per heavy atom. The number of ether oxygens (including phenoxy) is 1. The van der Waals surface area contributed by atoms with E-state index in [9.17, 15) is 4.79 Å². The van der Waals surface area contributed by atoms with E-state index in [4.69, 9.17) is 4.74 Å². The Labute approximate surface area is 130 Å². The van der Waals surface area contributed by atoms with E-state index in [-0.39, 0.29) is 11.9 Å². The van der Waals surface area contributed by atoms with Crippen LogP contribution in [-0.4, -0.2) is 23.2 Å². The summed E-state index contributed by atoms with van der Waals surface area (Å²) in [6.07, 6.45) is 0. The van der Waals surface area contributed by atoms with E-state index in [0.29, 0.717) is 5.69 Å². The second-order valence-corrected chi connectivity index (χ2v) is 5.97. The third-order valence-corrected chi connectivity index (χ3v) is 4.69. The van der Waals surface area contributed by atoms with Crippen LogP contribution in [0.4, 0.5) is 0 Å². The molecule has 1 aliphatic heterocycles. The van der Waals surface area contributed by atoms with Crippen LogP contribution in [0.5, 0.6) is 5.75 Å². The van der Waals surface area contributed by atoms with Gasteiger partial charge in [0.15, 0.2) is 5.69 Å². The molecule has 5 nitrogen and oxygen atoms in total. The molecule has 1 aromatic carbocycles. The van der Waals surface area contributed by atoms with E-state index < -0.39 is 0 Å². The van der Waals surface area contributed by atoms with Gasteiger partial charge in [-0.2, -0.15) is 5.10 Å². The van der Waals surface area contributed by atoms with Gasteiger partial charge >= 0.3 is 0 Å². The van der Waals surface area contributed by atoms with Gasteiger partial charge in [0.1, 0.15) is 5.75 Å². The maximum absolute atomic E-state index is 12.1. The lowest BCUT2D eigenvalue weighted by atomic mass is 9.99. The van der Waals surface area contributed by atoms with Crippen LogP contribution in [0.25, 0.3) is 10.6 Å². The highest BCUT2D eigenvalue weighted by molar-refractivity contribution is 7.13. The van der Waals surface area contributed by atoms with Gasteiger partial charge < -0.3 is 10.1 Å². The number of rotatable bonds is 3. The lowest BCUT2D eigenvalue weighted by Gasteiger charge is -2.13. The van der Waals surface area contributed by atoms with Crippen LogP contribution in [0, 0.1) is 0 Å². The number of carbonyl (C=O) groups is 1. The minimum Gasteiger partial charge on any atom is -0.497 e. The molecule has 2 N–H and O–H groups in total. The summed E-state index contributed by atoms with van der Waals surface area (Å²) in [5, 5.41) is 12.2. The Morgan fingerprint density at radius 2 is 2.05 bits per heavy atom. The van der Waals surface area contributed by atoms with E-state index in [0.717, 1.165) is 27.4 Å². The second kappa shape index (κ2) is 4.99. The fourth-order valence-electron chi connectivity index (χ4n) is 2.73. The van der Waals surface area contributed by atoms with Gasteiger partial charge in [0, 0.05) is 5.56 Å². The number of methoxy groups -OCH3 is 1. The quantitative estimate of drug-likeness (QED) is 0.781. The highest BCUT2D eigenvalue weighted by atomic mass is 32.1. The van der Waals surface area contributed by atoms with E-state index >= 15 is 0 Å². The SMILES string of the molecule is COc1ccc(C2NC(=O)c3n[nH]c(-c4cccs4)c32)cc1. The first-order chi connectivity index (χ1) is 10.8. The highest BCUT2D eigenvalue weighted by Crippen LogP contribution is 2.38. The monoisotopic (exact) mass is 311 g/mol. The predicted octanol–water partition coefficient (Wildman–Crippen LogP) is 2.98. The molecule has 1 unspecified atom stereocenters. The second-order valence-electron chi connectivity index (χ2n) is 5.02. The van der Waals surface area contributed by atoms with E-state index in [1.165, 1.54) is 0 Å². The predicted molar refractivity (Wildman–Crippen MR) is 84.2 cm³/mol. The van der Waals surface area contributed by atoms with Crippen LogP contribution in [0.2, 0.25) is 0 Å². The average Bonchev–Trinajstić information content (AvgIpc) is 3.25. The zero-order valence-corrected chi connectivity index (χ0v) is 12.6. The normalized spacial score (nSPS) is 16.4. The molecule has 22 heavy (non-hydrogen) atoms. The summed E-state index contributed by atoms with van der Waals surface area (Å²) in [6, 6.07) is 11.5. The van der Waals surface area contributed by atoms with E-state index in [1.807, 2.05) is 41.8 Å². The molecule has 4 rings (SSSR count). The molecule has 6 heteroatoms. The molecule has 0 saturated carbocycles. The van der Waals surface area contributed by atoms with Crippen LogP contribution in [0.3, 0.4) is 0 Å². The van der Waals surface area contributed by atoms with Gasteiger partial charge in [0.05, 0.1) is 23.7 Å². The lowest BCUT2D eigenvalue weighted by Crippen LogP contribution is -2.21. The first-order valence-corrected chi connectivity index (χ1v) is 7.73. The number of carbonyl (C=O) groups excluding carboxylic acids is 1. The molecule has 1 atom stereocenters. The number of H-pyrrole nitrogens is 1. The van der Waals surface area contributed by atoms with E-state index in [1.54, 1.807) is 18.4 Å². The van der Waals surface area contributed by atoms with Gasteiger partial charge in [-0.05, 0) is 29.1 Å². The highest BCUT2D eigenvalue weighted by Gasteiger charge is 2.35. The first kappa shape index (κ1) is 13.1. The summed E-state index contributed by atoms with van der Waals surface area (Å²) in [5.74, 6) is 0.647. The number of hydrogen-bond acceptors (Lipinski definition) is 4. The van der Waals surface area contributed by atoms with Gasteiger partial charge in [-0.1, -0.05) is 18.2 Å². The van der Waals surface area contributed by atoms with Crippen molar-refractivity contribution in [2.45, 2.75) is 6.04 Å². The zero-order chi connectivity index (χ0) is 15.1. The van der Waals surface area contributed by atoms with Crippen molar-refractivity contribution in [2.75, 3.05) is 7.11 Å². The molecule has 2 aromatic heterocycles. The van der Waals surface area contributed by atoms with Crippen LogP contribution < -0.4 is 10.1 Å². The standard InChI is InChI=1S/C16H13N3O2S/c1-21-10-6-4-9(5-7-10)13-12-14(11-3-2-8-22-11)18-19-15(12)16(20)17-13/h2-8,13H,1H3,(H,17,20)(H,18,19). The number of aromatic nitrogens is 2. The van der Waals surface area contributed by atoms with Crippen LogP contribution in [-0.2, 0) is 0 Å². The van der Waals surface area contributed by atoms with Crippen LogP contribution in [0.15, 0.2) is 41.8 Å². The minimum atomic E-state index is -0.191. The van der Waals surface area contributed by atoms with Gasteiger partial charge in [-0.3, -0.25) is 9.89 Å². The maximum atomic E-state index is 12.1. The topological polar surface area (TPSA) is 67.0 Å². The third-order valence-electron chi connectivity index (χ3n) is 3.80. The average molecular weight is 311 g/mol. The van der Waals surface area contributed by atoms with Crippen molar-refractivity contribution < 1.29 is 9.53 Å². The Bertz CT molecular complexity index is 822. The largest absolute Gasteiger partial charge is 0.497 e. The Morgan fingerprint density at radius 1 is 1.23 bits per heavy atom. The molecule has 1 amide bonds.